The van der Waals surface area contributed by atoms with Gasteiger partial charge in [0.2, 0.25) is 0 Å². The summed E-state index contributed by atoms with van der Waals surface area (Å²) in [7, 11) is 1.36. The summed E-state index contributed by atoms with van der Waals surface area (Å²) >= 11 is 0. The van der Waals surface area contributed by atoms with Gasteiger partial charge < -0.3 is 34.1 Å². The molecule has 4 unspecified atom stereocenters. The van der Waals surface area contributed by atoms with Crippen LogP contribution < -0.4 is 10.1 Å². The standard InChI is InChI=1S/C22H34N2O8/c1-5-7-11-30-17-13-29-12-15(22(27)32-14(3)20(17)31-10-6-2)24-21(26)18-19(25)16(28-4)8-9-23-18/h8-9,14-15,17,20,25H,5-7,10-13H2,1-4H3,(H,24,26). The van der Waals surface area contributed by atoms with Crippen LogP contribution in [-0.2, 0) is 23.7 Å². The maximum absolute atomic E-state index is 12.8. The van der Waals surface area contributed by atoms with Crippen LogP contribution in [0.2, 0.25) is 0 Å². The molecule has 0 bridgehead atoms. The van der Waals surface area contributed by atoms with Crippen molar-refractivity contribution in [2.24, 2.45) is 0 Å². The highest BCUT2D eigenvalue weighted by Gasteiger charge is 2.36. The molecule has 1 amide bonds. The van der Waals surface area contributed by atoms with Crippen molar-refractivity contribution in [1.29, 1.82) is 0 Å². The zero-order chi connectivity index (χ0) is 23.5. The van der Waals surface area contributed by atoms with Gasteiger partial charge in [-0.25, -0.2) is 9.78 Å². The Labute approximate surface area is 188 Å². The molecule has 1 aliphatic rings. The molecule has 1 aromatic heterocycles. The Morgan fingerprint density at radius 2 is 2.03 bits per heavy atom. The Bertz CT molecular complexity index is 745. The summed E-state index contributed by atoms with van der Waals surface area (Å²) in [6, 6.07) is 0.318. The highest BCUT2D eigenvalue weighted by molar-refractivity contribution is 5.98. The number of pyridine rings is 1. The first-order valence-corrected chi connectivity index (χ1v) is 11.0. The van der Waals surface area contributed by atoms with E-state index in [1.807, 2.05) is 6.92 Å². The van der Waals surface area contributed by atoms with Gasteiger partial charge in [-0.05, 0) is 19.8 Å². The van der Waals surface area contributed by atoms with Crippen LogP contribution in [0.15, 0.2) is 12.3 Å². The van der Waals surface area contributed by atoms with Gasteiger partial charge in [-0.2, -0.15) is 0 Å². The Kier molecular flexibility index (Phi) is 10.6. The molecule has 1 fully saturated rings. The minimum atomic E-state index is -1.10. The number of amides is 1. The number of unbranched alkanes of at least 4 members (excludes halogenated alkanes) is 1. The number of ether oxygens (including phenoxy) is 5. The molecule has 0 saturated carbocycles. The number of cyclic esters (lactones) is 1. The average molecular weight is 455 g/mol. The zero-order valence-corrected chi connectivity index (χ0v) is 19.2. The lowest BCUT2D eigenvalue weighted by Crippen LogP contribution is -2.47. The molecular weight excluding hydrogens is 420 g/mol. The van der Waals surface area contributed by atoms with E-state index in [0.29, 0.717) is 13.2 Å². The minimum Gasteiger partial charge on any atom is -0.503 e. The number of rotatable bonds is 10. The Morgan fingerprint density at radius 3 is 2.72 bits per heavy atom. The molecule has 2 rings (SSSR count). The molecule has 2 heterocycles. The van der Waals surface area contributed by atoms with Gasteiger partial charge in [-0.15, -0.1) is 0 Å². The smallest absolute Gasteiger partial charge is 0.331 e. The minimum absolute atomic E-state index is 0.0926. The summed E-state index contributed by atoms with van der Waals surface area (Å²) in [6.45, 7) is 6.86. The third-order valence-corrected chi connectivity index (χ3v) is 4.95. The number of methoxy groups -OCH3 is 1. The number of aromatic hydroxyl groups is 1. The van der Waals surface area contributed by atoms with Gasteiger partial charge in [0.1, 0.15) is 18.3 Å². The summed E-state index contributed by atoms with van der Waals surface area (Å²) < 4.78 is 28.2. The summed E-state index contributed by atoms with van der Waals surface area (Å²) in [5.74, 6) is -1.76. The number of carbonyl (C=O) groups excluding carboxylic acids is 2. The molecule has 0 aliphatic carbocycles. The molecule has 10 nitrogen and oxygen atoms in total. The van der Waals surface area contributed by atoms with E-state index in [4.69, 9.17) is 23.7 Å². The molecule has 0 radical (unpaired) electrons. The SMILES string of the molecule is CCCCOC1COCC(NC(=O)c2nccc(OC)c2O)C(=O)OC(C)C1OCCC. The lowest BCUT2D eigenvalue weighted by atomic mass is 10.1. The molecule has 4 atom stereocenters. The summed E-state index contributed by atoms with van der Waals surface area (Å²) in [4.78, 5) is 29.3. The second-order valence-electron chi connectivity index (χ2n) is 7.51. The molecule has 0 spiro atoms. The normalized spacial score (nSPS) is 24.1. The maximum Gasteiger partial charge on any atom is 0.331 e. The molecule has 0 aromatic carbocycles. The number of nitrogens with zero attached hydrogens (tertiary/aromatic N) is 1. The van der Waals surface area contributed by atoms with Crippen molar-refractivity contribution in [1.82, 2.24) is 10.3 Å². The van der Waals surface area contributed by atoms with Crippen molar-refractivity contribution in [2.75, 3.05) is 33.5 Å². The van der Waals surface area contributed by atoms with Gasteiger partial charge in [-0.3, -0.25) is 4.79 Å². The molecule has 2 N–H and O–H groups in total. The fraction of sp³-hybridized carbons (Fsp3) is 0.682. The first-order valence-electron chi connectivity index (χ1n) is 11.0. The summed E-state index contributed by atoms with van der Waals surface area (Å²) in [5.41, 5.74) is -0.269. The van der Waals surface area contributed by atoms with E-state index in [1.54, 1.807) is 6.92 Å². The van der Waals surface area contributed by atoms with E-state index in [9.17, 15) is 14.7 Å². The monoisotopic (exact) mass is 454 g/mol. The molecular formula is C22H34N2O8. The van der Waals surface area contributed by atoms with E-state index >= 15 is 0 Å². The number of hydrogen-bond acceptors (Lipinski definition) is 9. The quantitative estimate of drug-likeness (QED) is 0.402. The third kappa shape index (κ3) is 7.04. The van der Waals surface area contributed by atoms with Crippen LogP contribution in [0.5, 0.6) is 11.5 Å². The Morgan fingerprint density at radius 1 is 1.25 bits per heavy atom. The Balaban J connectivity index is 2.14. The van der Waals surface area contributed by atoms with Gasteiger partial charge in [0, 0.05) is 25.5 Å². The van der Waals surface area contributed by atoms with Gasteiger partial charge in [0.15, 0.2) is 23.2 Å². The van der Waals surface area contributed by atoms with Crippen molar-refractivity contribution < 1.29 is 38.4 Å². The van der Waals surface area contributed by atoms with Crippen molar-refractivity contribution in [3.63, 3.8) is 0 Å². The van der Waals surface area contributed by atoms with Crippen molar-refractivity contribution in [3.8, 4) is 11.5 Å². The van der Waals surface area contributed by atoms with Gasteiger partial charge in [-0.1, -0.05) is 20.3 Å². The molecule has 1 aromatic rings. The van der Waals surface area contributed by atoms with E-state index in [-0.39, 0.29) is 24.7 Å². The molecule has 180 valence electrons. The van der Waals surface area contributed by atoms with Crippen LogP contribution in [0.25, 0.3) is 0 Å². The highest BCUT2D eigenvalue weighted by Crippen LogP contribution is 2.27. The summed E-state index contributed by atoms with van der Waals surface area (Å²) in [5, 5.41) is 12.7. The van der Waals surface area contributed by atoms with E-state index in [1.165, 1.54) is 19.4 Å². The predicted molar refractivity (Wildman–Crippen MR) is 115 cm³/mol. The number of hydrogen-bond donors (Lipinski definition) is 2. The second kappa shape index (κ2) is 13.2. The van der Waals surface area contributed by atoms with Crippen LogP contribution in [-0.4, -0.2) is 79.9 Å². The fourth-order valence-corrected chi connectivity index (χ4v) is 3.21. The molecule has 1 saturated heterocycles. The third-order valence-electron chi connectivity index (χ3n) is 4.95. The first-order chi connectivity index (χ1) is 15.4. The van der Waals surface area contributed by atoms with Crippen molar-refractivity contribution in [3.05, 3.63) is 18.0 Å². The fourth-order valence-electron chi connectivity index (χ4n) is 3.21. The van der Waals surface area contributed by atoms with Gasteiger partial charge in [0.25, 0.3) is 5.91 Å². The number of esters is 1. The van der Waals surface area contributed by atoms with Crippen molar-refractivity contribution in [2.45, 2.75) is 64.4 Å². The predicted octanol–water partition coefficient (Wildman–Crippen LogP) is 1.84. The van der Waals surface area contributed by atoms with Crippen LogP contribution in [0.1, 0.15) is 50.5 Å². The van der Waals surface area contributed by atoms with Crippen molar-refractivity contribution >= 4 is 11.9 Å². The summed E-state index contributed by atoms with van der Waals surface area (Å²) in [6.07, 6.45) is 2.45. The maximum atomic E-state index is 12.8. The number of carbonyl (C=O) groups is 2. The largest absolute Gasteiger partial charge is 0.503 e. The van der Waals surface area contributed by atoms with E-state index in [0.717, 1.165) is 19.3 Å². The van der Waals surface area contributed by atoms with Crippen LogP contribution in [0.4, 0.5) is 0 Å². The second-order valence-corrected chi connectivity index (χ2v) is 7.51. The zero-order valence-electron chi connectivity index (χ0n) is 19.2. The Hall–Kier alpha value is -2.43. The average Bonchev–Trinajstić information content (AvgIpc) is 2.82. The lowest BCUT2D eigenvalue weighted by Gasteiger charge is -2.30. The van der Waals surface area contributed by atoms with Gasteiger partial charge in [0.05, 0.1) is 20.3 Å². The number of aromatic nitrogens is 1. The molecule has 1 aliphatic heterocycles. The van der Waals surface area contributed by atoms with E-state index < -0.39 is 42.0 Å². The van der Waals surface area contributed by atoms with E-state index in [2.05, 4.69) is 17.2 Å². The molecule has 32 heavy (non-hydrogen) atoms. The topological polar surface area (TPSA) is 125 Å². The van der Waals surface area contributed by atoms with Crippen LogP contribution >= 0.6 is 0 Å². The molecule has 10 heteroatoms. The van der Waals surface area contributed by atoms with Gasteiger partial charge >= 0.3 is 5.97 Å². The lowest BCUT2D eigenvalue weighted by molar-refractivity contribution is -0.167. The van der Waals surface area contributed by atoms with Crippen LogP contribution in [0.3, 0.4) is 0 Å². The number of nitrogens with one attached hydrogen (secondary N) is 1. The highest BCUT2D eigenvalue weighted by atomic mass is 16.6. The van der Waals surface area contributed by atoms with Crippen LogP contribution in [0, 0.1) is 0 Å². The first kappa shape index (κ1) is 25.8.